The minimum absolute atomic E-state index is 0.274. The summed E-state index contributed by atoms with van der Waals surface area (Å²) in [6.45, 7) is 4.12. The van der Waals surface area contributed by atoms with E-state index in [1.807, 2.05) is 24.3 Å². The van der Waals surface area contributed by atoms with Crippen LogP contribution in [0, 0.1) is 5.92 Å². The molecule has 6 nitrogen and oxygen atoms in total. The van der Waals surface area contributed by atoms with Gasteiger partial charge in [-0.05, 0) is 30.5 Å². The number of hydrogen-bond acceptors (Lipinski definition) is 3. The SMILES string of the molecule is CC(C)Cc1cc(C(=O)Nn2cnc3ccccc32)cc(=O)[nH]1. The molecule has 2 N–H and O–H groups in total. The third kappa shape index (κ3) is 3.31. The van der Waals surface area contributed by atoms with Crippen molar-refractivity contribution in [3.63, 3.8) is 0 Å². The van der Waals surface area contributed by atoms with Crippen LogP contribution >= 0.6 is 0 Å². The van der Waals surface area contributed by atoms with Gasteiger partial charge in [-0.15, -0.1) is 0 Å². The first-order valence-corrected chi connectivity index (χ1v) is 7.49. The molecule has 1 aromatic carbocycles. The van der Waals surface area contributed by atoms with E-state index in [1.165, 1.54) is 6.07 Å². The Morgan fingerprint density at radius 3 is 2.87 bits per heavy atom. The Morgan fingerprint density at radius 1 is 1.30 bits per heavy atom. The van der Waals surface area contributed by atoms with E-state index in [4.69, 9.17) is 0 Å². The number of fused-ring (bicyclic) bond motifs is 1. The Balaban J connectivity index is 1.88. The van der Waals surface area contributed by atoms with Crippen LogP contribution in [0.25, 0.3) is 11.0 Å². The Bertz CT molecular complexity index is 908. The molecule has 3 aromatic rings. The molecule has 118 valence electrons. The van der Waals surface area contributed by atoms with Crippen LogP contribution in [-0.2, 0) is 6.42 Å². The van der Waals surface area contributed by atoms with Crippen LogP contribution in [0.1, 0.15) is 29.9 Å². The lowest BCUT2D eigenvalue weighted by Gasteiger charge is -2.09. The molecule has 0 saturated heterocycles. The van der Waals surface area contributed by atoms with E-state index in [9.17, 15) is 9.59 Å². The summed E-state index contributed by atoms with van der Waals surface area (Å²) in [4.78, 5) is 31.2. The zero-order valence-electron chi connectivity index (χ0n) is 13.0. The van der Waals surface area contributed by atoms with Crippen LogP contribution in [-0.4, -0.2) is 20.6 Å². The topological polar surface area (TPSA) is 79.8 Å². The maximum atomic E-state index is 12.4. The lowest BCUT2D eigenvalue weighted by Crippen LogP contribution is -2.24. The molecule has 0 aliphatic rings. The van der Waals surface area contributed by atoms with Gasteiger partial charge in [0.25, 0.3) is 5.91 Å². The molecule has 0 radical (unpaired) electrons. The van der Waals surface area contributed by atoms with Crippen LogP contribution in [0.3, 0.4) is 0 Å². The van der Waals surface area contributed by atoms with Crippen LogP contribution in [0.15, 0.2) is 47.5 Å². The lowest BCUT2D eigenvalue weighted by molar-refractivity contribution is 0.101. The standard InChI is InChI=1S/C17H18N4O2/c1-11(2)7-13-8-12(9-16(22)19-13)17(23)20-21-10-18-14-5-3-4-6-15(14)21/h3-6,8-11H,7H2,1-2H3,(H,19,22)(H,20,23). The van der Waals surface area contributed by atoms with Crippen LogP contribution in [0.4, 0.5) is 0 Å². The van der Waals surface area contributed by atoms with Gasteiger partial charge in [0.2, 0.25) is 5.56 Å². The molecular formula is C17H18N4O2. The maximum absolute atomic E-state index is 12.4. The largest absolute Gasteiger partial charge is 0.326 e. The number of aromatic amines is 1. The first-order valence-electron chi connectivity index (χ1n) is 7.49. The second-order valence-electron chi connectivity index (χ2n) is 5.90. The number of carbonyl (C=O) groups excluding carboxylic acids is 1. The zero-order chi connectivity index (χ0) is 16.4. The van der Waals surface area contributed by atoms with Crippen molar-refractivity contribution in [2.24, 2.45) is 5.92 Å². The first-order chi connectivity index (χ1) is 11.0. The highest BCUT2D eigenvalue weighted by Crippen LogP contribution is 2.11. The van der Waals surface area contributed by atoms with Gasteiger partial charge < -0.3 is 4.98 Å². The van der Waals surface area contributed by atoms with Crippen molar-refractivity contribution < 1.29 is 4.79 Å². The molecule has 3 rings (SSSR count). The number of pyridine rings is 1. The van der Waals surface area contributed by atoms with Crippen LogP contribution in [0.2, 0.25) is 0 Å². The van der Waals surface area contributed by atoms with Crippen molar-refractivity contribution in [1.82, 2.24) is 14.6 Å². The van der Waals surface area contributed by atoms with Crippen molar-refractivity contribution in [2.45, 2.75) is 20.3 Å². The minimum atomic E-state index is -0.343. The summed E-state index contributed by atoms with van der Waals surface area (Å²) >= 11 is 0. The van der Waals surface area contributed by atoms with E-state index in [0.29, 0.717) is 17.9 Å². The highest BCUT2D eigenvalue weighted by molar-refractivity contribution is 6.00. The van der Waals surface area contributed by atoms with Gasteiger partial charge in [0.15, 0.2) is 0 Å². The molecule has 0 bridgehead atoms. The molecule has 2 heterocycles. The number of carbonyl (C=O) groups is 1. The Labute approximate surface area is 133 Å². The van der Waals surface area contributed by atoms with Crippen molar-refractivity contribution in [1.29, 1.82) is 0 Å². The molecule has 0 saturated carbocycles. The molecule has 0 aliphatic carbocycles. The van der Waals surface area contributed by atoms with Crippen LogP contribution < -0.4 is 11.0 Å². The predicted octanol–water partition coefficient (Wildman–Crippen LogP) is 2.31. The summed E-state index contributed by atoms with van der Waals surface area (Å²) in [6.07, 6.45) is 2.26. The number of para-hydroxylation sites is 2. The average molecular weight is 310 g/mol. The number of aromatic nitrogens is 3. The second-order valence-corrected chi connectivity index (χ2v) is 5.90. The lowest BCUT2D eigenvalue weighted by atomic mass is 10.1. The normalized spacial score (nSPS) is 11.1. The predicted molar refractivity (Wildman–Crippen MR) is 89.0 cm³/mol. The van der Waals surface area contributed by atoms with Gasteiger partial charge in [-0.1, -0.05) is 26.0 Å². The number of imidazole rings is 1. The summed E-state index contributed by atoms with van der Waals surface area (Å²) in [5.41, 5.74) is 5.16. The summed E-state index contributed by atoms with van der Waals surface area (Å²) < 4.78 is 1.56. The van der Waals surface area contributed by atoms with Gasteiger partial charge in [-0.2, -0.15) is 0 Å². The molecule has 6 heteroatoms. The first kappa shape index (κ1) is 15.0. The highest BCUT2D eigenvalue weighted by Gasteiger charge is 2.11. The maximum Gasteiger partial charge on any atom is 0.270 e. The summed E-state index contributed by atoms with van der Waals surface area (Å²) in [7, 11) is 0. The van der Waals surface area contributed by atoms with Gasteiger partial charge in [0.1, 0.15) is 6.33 Å². The van der Waals surface area contributed by atoms with Crippen molar-refractivity contribution in [3.05, 3.63) is 64.3 Å². The molecule has 0 aliphatic heterocycles. The fourth-order valence-corrected chi connectivity index (χ4v) is 2.50. The smallest absolute Gasteiger partial charge is 0.270 e. The molecule has 1 amide bonds. The fourth-order valence-electron chi connectivity index (χ4n) is 2.50. The Hall–Kier alpha value is -2.89. The van der Waals surface area contributed by atoms with E-state index in [1.54, 1.807) is 17.1 Å². The molecule has 0 atom stereocenters. The zero-order valence-corrected chi connectivity index (χ0v) is 13.0. The van der Waals surface area contributed by atoms with Gasteiger partial charge >= 0.3 is 0 Å². The van der Waals surface area contributed by atoms with Gasteiger partial charge in [0, 0.05) is 17.3 Å². The molecule has 23 heavy (non-hydrogen) atoms. The number of hydrogen-bond donors (Lipinski definition) is 2. The summed E-state index contributed by atoms with van der Waals surface area (Å²) in [5, 5.41) is 0. The number of amides is 1. The van der Waals surface area contributed by atoms with Gasteiger partial charge in [-0.3, -0.25) is 15.0 Å². The van der Waals surface area contributed by atoms with E-state index in [2.05, 4.69) is 29.2 Å². The number of nitrogens with zero attached hydrogens (tertiary/aromatic N) is 2. The van der Waals surface area contributed by atoms with E-state index in [-0.39, 0.29) is 11.5 Å². The van der Waals surface area contributed by atoms with Gasteiger partial charge in [-0.25, -0.2) is 9.66 Å². The third-order valence-corrected chi connectivity index (χ3v) is 3.47. The highest BCUT2D eigenvalue weighted by atomic mass is 16.2. The molecular weight excluding hydrogens is 292 g/mol. The van der Waals surface area contributed by atoms with Crippen LogP contribution in [0.5, 0.6) is 0 Å². The minimum Gasteiger partial charge on any atom is -0.326 e. The fraction of sp³-hybridized carbons (Fsp3) is 0.235. The average Bonchev–Trinajstić information content (AvgIpc) is 2.89. The van der Waals surface area contributed by atoms with E-state index < -0.39 is 0 Å². The number of rotatable bonds is 4. The quantitative estimate of drug-likeness (QED) is 0.776. The second kappa shape index (κ2) is 6.08. The third-order valence-electron chi connectivity index (χ3n) is 3.47. The van der Waals surface area contributed by atoms with Crippen molar-refractivity contribution >= 4 is 16.9 Å². The Morgan fingerprint density at radius 2 is 2.09 bits per heavy atom. The number of benzene rings is 1. The van der Waals surface area contributed by atoms with Crippen molar-refractivity contribution in [3.8, 4) is 0 Å². The molecule has 0 fully saturated rings. The van der Waals surface area contributed by atoms with Crippen molar-refractivity contribution in [2.75, 3.05) is 5.43 Å². The number of nitrogens with one attached hydrogen (secondary N) is 2. The summed E-state index contributed by atoms with van der Waals surface area (Å²) in [5.74, 6) is 0.0470. The molecule has 0 unspecified atom stereocenters. The van der Waals surface area contributed by atoms with E-state index >= 15 is 0 Å². The number of H-pyrrole nitrogens is 1. The summed E-state index contributed by atoms with van der Waals surface area (Å²) in [6, 6.07) is 10.5. The Kier molecular flexibility index (Phi) is 3.97. The van der Waals surface area contributed by atoms with E-state index in [0.717, 1.165) is 16.7 Å². The molecule has 2 aromatic heterocycles. The molecule has 0 spiro atoms. The van der Waals surface area contributed by atoms with Gasteiger partial charge in [0.05, 0.1) is 11.0 Å². The monoisotopic (exact) mass is 310 g/mol.